The van der Waals surface area contributed by atoms with Crippen molar-refractivity contribution >= 4 is 17.0 Å². The van der Waals surface area contributed by atoms with Gasteiger partial charge in [0.05, 0.1) is 11.2 Å². The molecule has 1 aliphatic rings. The molecule has 3 heterocycles. The summed E-state index contributed by atoms with van der Waals surface area (Å²) in [5.41, 5.74) is 3.75. The number of amides is 1. The molecule has 162 valence electrons. The summed E-state index contributed by atoms with van der Waals surface area (Å²) in [6.07, 6.45) is 5.25. The molecule has 2 aromatic heterocycles. The summed E-state index contributed by atoms with van der Waals surface area (Å²) >= 11 is 0. The SMILES string of the molecule is CC(C)(C)OC(=O)NC1CCN(Cc2ccc3cncc(-c4ccccc4)c3n2)CC1. The number of nitrogens with zero attached hydrogens (tertiary/aromatic N) is 3. The maximum atomic E-state index is 12.0. The maximum Gasteiger partial charge on any atom is 0.407 e. The van der Waals surface area contributed by atoms with Gasteiger partial charge < -0.3 is 10.1 Å². The molecule has 31 heavy (non-hydrogen) atoms. The monoisotopic (exact) mass is 418 g/mol. The molecule has 0 bridgehead atoms. The molecule has 1 N–H and O–H groups in total. The van der Waals surface area contributed by atoms with Crippen molar-refractivity contribution < 1.29 is 9.53 Å². The summed E-state index contributed by atoms with van der Waals surface area (Å²) in [7, 11) is 0. The average Bonchev–Trinajstić information content (AvgIpc) is 2.74. The lowest BCUT2D eigenvalue weighted by Gasteiger charge is -2.32. The number of rotatable bonds is 4. The Bertz CT molecular complexity index is 1040. The van der Waals surface area contributed by atoms with Gasteiger partial charge in [-0.2, -0.15) is 0 Å². The van der Waals surface area contributed by atoms with Crippen LogP contribution in [-0.2, 0) is 11.3 Å². The molecule has 1 aromatic carbocycles. The Hall–Kier alpha value is -2.99. The van der Waals surface area contributed by atoms with Crippen LogP contribution in [0.15, 0.2) is 54.9 Å². The van der Waals surface area contributed by atoms with Crippen molar-refractivity contribution in [3.63, 3.8) is 0 Å². The molecule has 4 rings (SSSR count). The second-order valence-electron chi connectivity index (χ2n) is 9.12. The predicted octanol–water partition coefficient (Wildman–Crippen LogP) is 4.79. The number of benzene rings is 1. The third kappa shape index (κ3) is 5.58. The van der Waals surface area contributed by atoms with Crippen molar-refractivity contribution in [2.75, 3.05) is 13.1 Å². The van der Waals surface area contributed by atoms with Gasteiger partial charge in [0.15, 0.2) is 0 Å². The van der Waals surface area contributed by atoms with E-state index in [1.54, 1.807) is 0 Å². The van der Waals surface area contributed by atoms with Crippen LogP contribution in [0.25, 0.3) is 22.0 Å². The van der Waals surface area contributed by atoms with Crippen LogP contribution in [0.3, 0.4) is 0 Å². The first-order valence-corrected chi connectivity index (χ1v) is 10.9. The summed E-state index contributed by atoms with van der Waals surface area (Å²) in [5, 5.41) is 4.05. The smallest absolute Gasteiger partial charge is 0.407 e. The molecular weight excluding hydrogens is 388 g/mol. The second-order valence-corrected chi connectivity index (χ2v) is 9.12. The van der Waals surface area contributed by atoms with Gasteiger partial charge in [-0.3, -0.25) is 14.9 Å². The number of alkyl carbamates (subject to hydrolysis) is 1. The van der Waals surface area contributed by atoms with Crippen LogP contribution in [0.5, 0.6) is 0 Å². The van der Waals surface area contributed by atoms with Crippen molar-refractivity contribution in [1.82, 2.24) is 20.2 Å². The summed E-state index contributed by atoms with van der Waals surface area (Å²) in [6.45, 7) is 8.27. The number of likely N-dealkylation sites (tertiary alicyclic amines) is 1. The molecule has 1 fully saturated rings. The Balaban J connectivity index is 1.40. The number of piperidine rings is 1. The molecule has 0 unspecified atom stereocenters. The number of pyridine rings is 2. The van der Waals surface area contributed by atoms with E-state index >= 15 is 0 Å². The van der Waals surface area contributed by atoms with Gasteiger partial charge in [-0.15, -0.1) is 0 Å². The lowest BCUT2D eigenvalue weighted by Crippen LogP contribution is -2.45. The largest absolute Gasteiger partial charge is 0.444 e. The summed E-state index contributed by atoms with van der Waals surface area (Å²) < 4.78 is 5.37. The summed E-state index contributed by atoms with van der Waals surface area (Å²) in [6, 6.07) is 14.6. The fraction of sp³-hybridized carbons (Fsp3) is 0.400. The summed E-state index contributed by atoms with van der Waals surface area (Å²) in [5.74, 6) is 0. The molecule has 0 atom stereocenters. The van der Waals surface area contributed by atoms with E-state index in [4.69, 9.17) is 9.72 Å². The Morgan fingerprint density at radius 1 is 1.10 bits per heavy atom. The van der Waals surface area contributed by atoms with Crippen LogP contribution in [0.4, 0.5) is 4.79 Å². The minimum atomic E-state index is -0.472. The first kappa shape index (κ1) is 21.2. The van der Waals surface area contributed by atoms with E-state index in [2.05, 4.69) is 39.5 Å². The number of carbonyl (C=O) groups is 1. The third-order valence-electron chi connectivity index (χ3n) is 5.44. The van der Waals surface area contributed by atoms with E-state index in [9.17, 15) is 4.79 Å². The van der Waals surface area contributed by atoms with Gasteiger partial charge in [0.2, 0.25) is 0 Å². The zero-order valence-corrected chi connectivity index (χ0v) is 18.5. The van der Waals surface area contributed by atoms with E-state index in [0.717, 1.165) is 60.2 Å². The highest BCUT2D eigenvalue weighted by atomic mass is 16.6. The van der Waals surface area contributed by atoms with Crippen LogP contribution in [0.2, 0.25) is 0 Å². The normalized spacial score (nSPS) is 15.7. The average molecular weight is 419 g/mol. The Kier molecular flexibility index (Phi) is 6.18. The molecule has 0 aliphatic carbocycles. The Morgan fingerprint density at radius 3 is 2.55 bits per heavy atom. The van der Waals surface area contributed by atoms with E-state index in [-0.39, 0.29) is 12.1 Å². The molecule has 3 aromatic rings. The van der Waals surface area contributed by atoms with Gasteiger partial charge in [0.1, 0.15) is 5.60 Å². The van der Waals surface area contributed by atoms with Crippen molar-refractivity contribution in [3.8, 4) is 11.1 Å². The molecule has 1 amide bonds. The summed E-state index contributed by atoms with van der Waals surface area (Å²) in [4.78, 5) is 23.8. The molecule has 0 radical (unpaired) electrons. The van der Waals surface area contributed by atoms with Gasteiger partial charge in [-0.1, -0.05) is 30.3 Å². The van der Waals surface area contributed by atoms with E-state index < -0.39 is 5.60 Å². The molecule has 1 aliphatic heterocycles. The standard InChI is InChI=1S/C25H30N4O2/c1-25(2,3)31-24(30)28-20-11-13-29(14-12-20)17-21-10-9-19-15-26-16-22(23(19)27-21)18-7-5-4-6-8-18/h4-10,15-16,20H,11-14,17H2,1-3H3,(H,28,30). The lowest BCUT2D eigenvalue weighted by atomic mass is 10.0. The van der Waals surface area contributed by atoms with Crippen LogP contribution in [0, 0.1) is 0 Å². The van der Waals surface area contributed by atoms with Crippen molar-refractivity contribution in [2.45, 2.75) is 51.8 Å². The number of hydrogen-bond acceptors (Lipinski definition) is 5. The number of ether oxygens (including phenoxy) is 1. The van der Waals surface area contributed by atoms with Gasteiger partial charge in [0, 0.05) is 49.0 Å². The number of hydrogen-bond donors (Lipinski definition) is 1. The van der Waals surface area contributed by atoms with Crippen molar-refractivity contribution in [3.05, 3.63) is 60.6 Å². The number of aromatic nitrogens is 2. The zero-order valence-electron chi connectivity index (χ0n) is 18.5. The highest BCUT2D eigenvalue weighted by Gasteiger charge is 2.24. The molecular formula is C25H30N4O2. The quantitative estimate of drug-likeness (QED) is 0.660. The number of nitrogens with one attached hydrogen (secondary N) is 1. The number of carbonyl (C=O) groups excluding carboxylic acids is 1. The van der Waals surface area contributed by atoms with Gasteiger partial charge >= 0.3 is 6.09 Å². The van der Waals surface area contributed by atoms with E-state index in [0.29, 0.717) is 0 Å². The van der Waals surface area contributed by atoms with Gasteiger partial charge in [0.25, 0.3) is 0 Å². The van der Waals surface area contributed by atoms with Crippen LogP contribution in [-0.4, -0.2) is 45.7 Å². The first-order chi connectivity index (χ1) is 14.9. The minimum Gasteiger partial charge on any atom is -0.444 e. The van der Waals surface area contributed by atoms with Crippen molar-refractivity contribution in [2.24, 2.45) is 0 Å². The zero-order chi connectivity index (χ0) is 21.8. The second kappa shape index (κ2) is 9.02. The van der Waals surface area contributed by atoms with Gasteiger partial charge in [-0.25, -0.2) is 4.79 Å². The number of fused-ring (bicyclic) bond motifs is 1. The van der Waals surface area contributed by atoms with Crippen molar-refractivity contribution in [1.29, 1.82) is 0 Å². The highest BCUT2D eigenvalue weighted by Crippen LogP contribution is 2.26. The molecule has 6 heteroatoms. The highest BCUT2D eigenvalue weighted by molar-refractivity contribution is 5.92. The fourth-order valence-corrected chi connectivity index (χ4v) is 3.94. The predicted molar refractivity (Wildman–Crippen MR) is 123 cm³/mol. The molecule has 1 saturated heterocycles. The first-order valence-electron chi connectivity index (χ1n) is 10.9. The van der Waals surface area contributed by atoms with E-state index in [1.165, 1.54) is 0 Å². The molecule has 0 saturated carbocycles. The molecule has 0 spiro atoms. The third-order valence-corrected chi connectivity index (χ3v) is 5.44. The van der Waals surface area contributed by atoms with Crippen LogP contribution < -0.4 is 5.32 Å². The van der Waals surface area contributed by atoms with Gasteiger partial charge in [-0.05, 0) is 51.3 Å². The van der Waals surface area contributed by atoms with E-state index in [1.807, 2.05) is 51.4 Å². The Morgan fingerprint density at radius 2 is 1.84 bits per heavy atom. The lowest BCUT2D eigenvalue weighted by molar-refractivity contribution is 0.0477. The maximum absolute atomic E-state index is 12.0. The minimum absolute atomic E-state index is 0.159. The fourth-order valence-electron chi connectivity index (χ4n) is 3.94. The Labute approximate surface area is 183 Å². The molecule has 6 nitrogen and oxygen atoms in total. The topological polar surface area (TPSA) is 67.3 Å². The van der Waals surface area contributed by atoms with Crippen LogP contribution in [0.1, 0.15) is 39.3 Å². The van der Waals surface area contributed by atoms with Crippen LogP contribution >= 0.6 is 0 Å².